The number of carbonyl (C=O) groups is 1. The molecule has 0 spiro atoms. The summed E-state index contributed by atoms with van der Waals surface area (Å²) < 4.78 is 15.1. The van der Waals surface area contributed by atoms with Crippen LogP contribution in [0.5, 0.6) is 0 Å². The van der Waals surface area contributed by atoms with E-state index in [0.717, 1.165) is 36.4 Å². The average molecular weight is 409 g/mol. The molecule has 29 heavy (non-hydrogen) atoms. The molecule has 2 aliphatic rings. The molecular formula is C21H20FN5OS. The lowest BCUT2D eigenvalue weighted by Crippen LogP contribution is -2.35. The summed E-state index contributed by atoms with van der Waals surface area (Å²) in [6.45, 7) is 2.14. The minimum atomic E-state index is -0.453. The van der Waals surface area contributed by atoms with E-state index in [9.17, 15) is 9.18 Å². The molecule has 0 saturated heterocycles. The van der Waals surface area contributed by atoms with Gasteiger partial charge in [-0.15, -0.1) is 0 Å². The molecule has 6 nitrogen and oxygen atoms in total. The molecule has 0 atom stereocenters. The van der Waals surface area contributed by atoms with E-state index in [2.05, 4.69) is 17.0 Å². The molecule has 2 aliphatic heterocycles. The van der Waals surface area contributed by atoms with Crippen molar-refractivity contribution in [3.63, 3.8) is 0 Å². The molecule has 2 aromatic rings. The fourth-order valence-corrected chi connectivity index (χ4v) is 4.08. The summed E-state index contributed by atoms with van der Waals surface area (Å²) in [6.07, 6.45) is 7.54. The SMILES string of the molecule is CCCCCC1=NN2C(=N)/C(=C\c3cccn3-c3ccc(F)cc3)C(=O)N=C2S1. The zero-order valence-corrected chi connectivity index (χ0v) is 16.7. The summed E-state index contributed by atoms with van der Waals surface area (Å²) in [5.74, 6) is -0.749. The minimum Gasteiger partial charge on any atom is -0.317 e. The summed E-state index contributed by atoms with van der Waals surface area (Å²) in [6, 6.07) is 9.74. The molecule has 0 unspecified atom stereocenters. The lowest BCUT2D eigenvalue weighted by molar-refractivity contribution is -0.114. The number of aromatic nitrogens is 1. The first-order chi connectivity index (χ1) is 14.1. The molecule has 0 aliphatic carbocycles. The van der Waals surface area contributed by atoms with Crippen molar-refractivity contribution in [2.24, 2.45) is 10.1 Å². The number of hydrogen-bond acceptors (Lipinski definition) is 4. The van der Waals surface area contributed by atoms with Gasteiger partial charge in [0.1, 0.15) is 10.9 Å². The van der Waals surface area contributed by atoms with Gasteiger partial charge in [-0.05, 0) is 67.1 Å². The van der Waals surface area contributed by atoms with Gasteiger partial charge in [0.05, 0.1) is 5.57 Å². The number of nitrogens with zero attached hydrogens (tertiary/aromatic N) is 4. The average Bonchev–Trinajstić information content (AvgIpc) is 3.33. The van der Waals surface area contributed by atoms with Gasteiger partial charge in [0.15, 0.2) is 5.84 Å². The topological polar surface area (TPSA) is 73.8 Å². The fourth-order valence-electron chi connectivity index (χ4n) is 3.16. The van der Waals surface area contributed by atoms with E-state index in [-0.39, 0.29) is 17.2 Å². The first-order valence-corrected chi connectivity index (χ1v) is 10.3. The number of rotatable bonds is 6. The zero-order chi connectivity index (χ0) is 20.4. The van der Waals surface area contributed by atoms with Crippen LogP contribution in [0.4, 0.5) is 4.39 Å². The van der Waals surface area contributed by atoms with Crippen molar-refractivity contribution in [3.05, 3.63) is 59.7 Å². The number of amides is 1. The second-order valence-electron chi connectivity index (χ2n) is 6.75. The maximum atomic E-state index is 13.2. The van der Waals surface area contributed by atoms with Gasteiger partial charge in [-0.1, -0.05) is 19.8 Å². The standard InChI is InChI=1S/C21H20FN5OS/c1-2-3-4-7-18-25-27-19(23)17(20(28)24-21(27)29-18)13-16-6-5-12-26(16)15-10-8-14(22)9-11-15/h5-6,8-13,23H,2-4,7H2,1H3/b17-13+,23-19?. The highest BCUT2D eigenvalue weighted by Crippen LogP contribution is 2.30. The Kier molecular flexibility index (Phi) is 5.44. The van der Waals surface area contributed by atoms with Crippen LogP contribution < -0.4 is 0 Å². The van der Waals surface area contributed by atoms with Crippen LogP contribution in [0, 0.1) is 11.2 Å². The largest absolute Gasteiger partial charge is 0.317 e. The van der Waals surface area contributed by atoms with E-state index >= 15 is 0 Å². The van der Waals surface area contributed by atoms with Crippen molar-refractivity contribution >= 4 is 39.8 Å². The highest BCUT2D eigenvalue weighted by Gasteiger charge is 2.35. The van der Waals surface area contributed by atoms with E-state index in [4.69, 9.17) is 5.41 Å². The lowest BCUT2D eigenvalue weighted by atomic mass is 10.1. The first kappa shape index (κ1) is 19.3. The van der Waals surface area contributed by atoms with Gasteiger partial charge in [-0.3, -0.25) is 10.2 Å². The van der Waals surface area contributed by atoms with Crippen LogP contribution in [0.1, 0.15) is 38.3 Å². The van der Waals surface area contributed by atoms with Gasteiger partial charge in [0, 0.05) is 17.6 Å². The molecule has 3 heterocycles. The number of aliphatic imine (C=N–C) groups is 1. The van der Waals surface area contributed by atoms with Crippen LogP contribution in [-0.2, 0) is 4.79 Å². The molecule has 1 amide bonds. The van der Waals surface area contributed by atoms with Crippen molar-refractivity contribution < 1.29 is 9.18 Å². The molecule has 0 fully saturated rings. The minimum absolute atomic E-state index is 0.0184. The first-order valence-electron chi connectivity index (χ1n) is 9.49. The third kappa shape index (κ3) is 3.93. The van der Waals surface area contributed by atoms with Gasteiger partial charge >= 0.3 is 0 Å². The Bertz CT molecular complexity index is 1050. The van der Waals surface area contributed by atoms with Gasteiger partial charge in [-0.2, -0.15) is 15.1 Å². The quantitative estimate of drug-likeness (QED) is 0.549. The zero-order valence-electron chi connectivity index (χ0n) is 15.9. The van der Waals surface area contributed by atoms with Crippen molar-refractivity contribution in [2.45, 2.75) is 32.6 Å². The van der Waals surface area contributed by atoms with Crippen molar-refractivity contribution in [1.82, 2.24) is 9.58 Å². The maximum absolute atomic E-state index is 13.2. The molecule has 0 saturated carbocycles. The monoisotopic (exact) mass is 409 g/mol. The van der Waals surface area contributed by atoms with E-state index in [1.54, 1.807) is 18.2 Å². The molecule has 148 valence electrons. The Labute approximate surface area is 172 Å². The number of fused-ring (bicyclic) bond motifs is 1. The number of hydrazone groups is 1. The van der Waals surface area contributed by atoms with Crippen LogP contribution in [0.3, 0.4) is 0 Å². The van der Waals surface area contributed by atoms with Crippen LogP contribution in [0.25, 0.3) is 11.8 Å². The summed E-state index contributed by atoms with van der Waals surface area (Å²) in [5, 5.41) is 15.7. The number of nitrogens with one attached hydrogen (secondary N) is 1. The fraction of sp³-hybridized carbons (Fsp3) is 0.238. The number of carbonyl (C=O) groups excluding carboxylic acids is 1. The van der Waals surface area contributed by atoms with Gasteiger partial charge in [-0.25, -0.2) is 4.39 Å². The molecule has 0 bridgehead atoms. The molecule has 0 radical (unpaired) electrons. The van der Waals surface area contributed by atoms with E-state index in [1.165, 1.54) is 28.9 Å². The van der Waals surface area contributed by atoms with E-state index in [1.807, 2.05) is 22.9 Å². The molecule has 1 aromatic heterocycles. The third-order valence-corrected chi connectivity index (χ3v) is 5.64. The highest BCUT2D eigenvalue weighted by atomic mass is 32.2. The van der Waals surface area contributed by atoms with Crippen LogP contribution in [0.15, 0.2) is 58.3 Å². The highest BCUT2D eigenvalue weighted by molar-refractivity contribution is 8.26. The predicted molar refractivity (Wildman–Crippen MR) is 115 cm³/mol. The van der Waals surface area contributed by atoms with Crippen LogP contribution in [-0.4, -0.2) is 31.5 Å². The van der Waals surface area contributed by atoms with E-state index < -0.39 is 5.91 Å². The Morgan fingerprint density at radius 2 is 2.00 bits per heavy atom. The van der Waals surface area contributed by atoms with E-state index in [0.29, 0.717) is 10.9 Å². The van der Waals surface area contributed by atoms with Crippen molar-refractivity contribution in [3.8, 4) is 5.69 Å². The summed E-state index contributed by atoms with van der Waals surface area (Å²) in [4.78, 5) is 16.7. The Balaban J connectivity index is 1.62. The van der Waals surface area contributed by atoms with Crippen molar-refractivity contribution in [2.75, 3.05) is 0 Å². The van der Waals surface area contributed by atoms with Gasteiger partial charge in [0.25, 0.3) is 5.91 Å². The number of benzene rings is 1. The molecule has 4 rings (SSSR count). The second kappa shape index (κ2) is 8.16. The van der Waals surface area contributed by atoms with Crippen molar-refractivity contribution in [1.29, 1.82) is 5.41 Å². The van der Waals surface area contributed by atoms with Crippen LogP contribution >= 0.6 is 11.8 Å². The third-order valence-electron chi connectivity index (χ3n) is 4.67. The maximum Gasteiger partial charge on any atom is 0.283 e. The van der Waals surface area contributed by atoms with Crippen LogP contribution in [0.2, 0.25) is 0 Å². The number of amidine groups is 2. The molecular weight excluding hydrogens is 389 g/mol. The Morgan fingerprint density at radius 3 is 2.76 bits per heavy atom. The summed E-state index contributed by atoms with van der Waals surface area (Å²) in [7, 11) is 0. The lowest BCUT2D eigenvalue weighted by Gasteiger charge is -2.20. The summed E-state index contributed by atoms with van der Waals surface area (Å²) >= 11 is 1.36. The van der Waals surface area contributed by atoms with Gasteiger partial charge < -0.3 is 4.57 Å². The number of hydrogen-bond donors (Lipinski definition) is 1. The Morgan fingerprint density at radius 1 is 1.21 bits per heavy atom. The number of thioether (sulfide) groups is 1. The number of unbranched alkanes of at least 4 members (excludes halogenated alkanes) is 2. The predicted octanol–water partition coefficient (Wildman–Crippen LogP) is 4.82. The molecule has 1 aromatic carbocycles. The van der Waals surface area contributed by atoms with Gasteiger partial charge in [0.2, 0.25) is 5.17 Å². The second-order valence-corrected chi connectivity index (χ2v) is 7.79. The molecule has 8 heteroatoms. The number of halogens is 1. The summed E-state index contributed by atoms with van der Waals surface area (Å²) in [5.41, 5.74) is 1.63. The molecule has 1 N–H and O–H groups in total. The Hall–Kier alpha value is -3.00. The normalized spacial score (nSPS) is 17.6. The smallest absolute Gasteiger partial charge is 0.283 e.